The zero-order valence-corrected chi connectivity index (χ0v) is 54.3. The maximum absolute atomic E-state index is 13.7. The number of anilines is 2. The second-order valence-electron chi connectivity index (χ2n) is 29.1. The number of Topliss-reactive ketones (excluding diaryl/α,β-unsaturated/α-hetero) is 1. The van der Waals surface area contributed by atoms with Gasteiger partial charge in [0.2, 0.25) is 5.91 Å². The molecule has 16 atom stereocenters. The summed E-state index contributed by atoms with van der Waals surface area (Å²) in [6.07, 6.45) is 23.3. The Morgan fingerprint density at radius 2 is 0.938 bits per heavy atom. The molecular weight excluding hydrogens is 1070 g/mol. The maximum Gasteiger partial charge on any atom is 1.00 e. The minimum Gasteiger partial charge on any atom is -0.390 e. The fraction of sp³-hybridized carbons (Fsp3) is 0.786. The first-order valence-electron chi connectivity index (χ1n) is 31.0. The number of benzene rings is 2. The zero-order valence-electron chi connectivity index (χ0n) is 52.7. The van der Waals surface area contributed by atoms with Crippen LogP contribution >= 0.6 is 15.9 Å². The average molecular weight is 1180 g/mol. The number of nitrogens with zero attached hydrogens (tertiary/aromatic N) is 3. The quantitative estimate of drug-likeness (QED) is 0.128. The Kier molecular flexibility index (Phi) is 25.8. The van der Waals surface area contributed by atoms with Gasteiger partial charge in [-0.15, -0.1) is 0 Å². The summed E-state index contributed by atoms with van der Waals surface area (Å²) in [4.78, 5) is 36.0. The molecule has 1 saturated heterocycles. The molecule has 456 valence electrons. The fourth-order valence-electron chi connectivity index (χ4n) is 18.4. The minimum atomic E-state index is -0.465. The van der Waals surface area contributed by atoms with Gasteiger partial charge in [-0.25, -0.2) is 5.06 Å². The molecule has 8 aliphatic carbocycles. The molecule has 0 aromatic heterocycles. The van der Waals surface area contributed by atoms with Gasteiger partial charge in [0.15, 0.2) is 5.78 Å². The van der Waals surface area contributed by atoms with E-state index >= 15 is 0 Å². The van der Waals surface area contributed by atoms with Crippen molar-refractivity contribution >= 4 is 39.0 Å². The third-order valence-corrected chi connectivity index (χ3v) is 23.5. The number of carbonyl (C=O) groups is 2. The van der Waals surface area contributed by atoms with Crippen molar-refractivity contribution in [3.05, 3.63) is 64.5 Å². The topological polar surface area (TPSA) is 103 Å². The largest absolute Gasteiger partial charge is 1.00 e. The van der Waals surface area contributed by atoms with Gasteiger partial charge in [0, 0.05) is 81.7 Å². The van der Waals surface area contributed by atoms with Crippen molar-refractivity contribution in [2.75, 3.05) is 65.4 Å². The van der Waals surface area contributed by atoms with Crippen LogP contribution in [-0.4, -0.2) is 93.7 Å². The average Bonchev–Trinajstić information content (AvgIpc) is 4.17. The molecule has 0 bridgehead atoms. The second kappa shape index (κ2) is 29.2. The first-order chi connectivity index (χ1) is 36.6. The van der Waals surface area contributed by atoms with Gasteiger partial charge in [-0.1, -0.05) is 58.5 Å². The molecule has 0 radical (unpaired) electrons. The number of halogens is 1. The van der Waals surface area contributed by atoms with E-state index in [2.05, 4.69) is 105 Å². The standard InChI is InChI=1S/C29H43NO2.C23H39NO3.C8H10BrN.C4H8O.C4H9.2CH4.Li/c1-27(32)16-17-28(2)20(18-27)8-11-22-23-12-13-25(29(23,3)15-14-24(22)28)26(31)19-6-9-21(10-7-19)30(4)5;1-21(26)12-13-22(2)15(14-21)6-7-16-17-8-9-19(20(25)24(4)27-5)23(17,3)11-10-18(16)22;1-10(2)8-5-3-7(9)4-6-8;1-2-4-5-3-1;1-4(2)3;;;/h6-7,9-10,20,22-25,32H,8,11-18H2,1-5H3;15-19,26H,6-14H2,1-5H3;3-6H,1-2H3;1-4H2;1-3H3;2*1H4;/q;;;;-1;;;+1/t20-,22+,23+,24+,25-,27-,28+,29+;15-,16+,17+,18+,19-,21-,22+,23+;;;;;;/m11....../s1. The van der Waals surface area contributed by atoms with E-state index in [1.807, 2.05) is 59.4 Å². The third-order valence-electron chi connectivity index (χ3n) is 22.9. The molecule has 0 spiro atoms. The summed E-state index contributed by atoms with van der Waals surface area (Å²) in [5.74, 6) is 8.07. The predicted octanol–water partition coefficient (Wildman–Crippen LogP) is 14.0. The molecule has 0 unspecified atom stereocenters. The molecular formula is C70H117BrLiN3O6. The number of ketones is 1. The number of fused-ring (bicyclic) bond motifs is 10. The van der Waals surface area contributed by atoms with E-state index in [9.17, 15) is 19.8 Å². The molecule has 8 saturated carbocycles. The van der Waals surface area contributed by atoms with Crippen LogP contribution in [0.15, 0.2) is 53.0 Å². The van der Waals surface area contributed by atoms with Gasteiger partial charge in [0.1, 0.15) is 0 Å². The van der Waals surface area contributed by atoms with Crippen LogP contribution in [0.2, 0.25) is 0 Å². The van der Waals surface area contributed by atoms with E-state index < -0.39 is 11.2 Å². The van der Waals surface area contributed by atoms with E-state index in [1.165, 1.54) is 107 Å². The van der Waals surface area contributed by atoms with Gasteiger partial charge in [0.05, 0.1) is 18.3 Å². The number of aliphatic hydroxyl groups is 2. The van der Waals surface area contributed by atoms with Crippen LogP contribution in [0, 0.1) is 86.8 Å². The Morgan fingerprint density at radius 1 is 0.556 bits per heavy atom. The van der Waals surface area contributed by atoms with Gasteiger partial charge in [-0.05, 0) is 260 Å². The second-order valence-corrected chi connectivity index (χ2v) is 30.0. The molecule has 81 heavy (non-hydrogen) atoms. The number of hydrogen-bond acceptors (Lipinski definition) is 8. The van der Waals surface area contributed by atoms with Crippen molar-refractivity contribution in [3.63, 3.8) is 0 Å². The van der Waals surface area contributed by atoms with Gasteiger partial charge >= 0.3 is 18.9 Å². The van der Waals surface area contributed by atoms with Crippen LogP contribution in [0.4, 0.5) is 11.4 Å². The Labute approximate surface area is 516 Å². The van der Waals surface area contributed by atoms with Gasteiger partial charge in [-0.2, -0.15) is 20.8 Å². The SMILES string of the molecule is C.C.C1CCOC1.CN(C)c1ccc(Br)cc1.CN(C)c1ccc(C(=O)[C@H]2CC[C@H]3[C@@H]4CC[C@@H]5C[C@](C)(O)CC[C@]5(C)[C@H]4CC[C@]23C)cc1.CON(C)C(=O)[C@H]1CC[C@H]2[C@@H]3CC[C@@H]4C[C@](C)(O)CC[C@]4(C)[C@H]3CC[C@]12C.C[C-](C)C.[Li+]. The number of carbonyl (C=O) groups excluding carboxylic acids is 2. The molecule has 2 aromatic carbocycles. The third kappa shape index (κ3) is 15.8. The summed E-state index contributed by atoms with van der Waals surface area (Å²) in [6.45, 7) is 22.3. The maximum atomic E-state index is 13.7. The van der Waals surface area contributed by atoms with E-state index in [-0.39, 0.29) is 62.3 Å². The fourth-order valence-corrected chi connectivity index (χ4v) is 18.6. The molecule has 2 N–H and O–H groups in total. The summed E-state index contributed by atoms with van der Waals surface area (Å²) >= 11 is 3.38. The van der Waals surface area contributed by atoms with Crippen LogP contribution in [-0.2, 0) is 14.4 Å². The number of ether oxygens (including phenoxy) is 1. The van der Waals surface area contributed by atoms with E-state index in [0.29, 0.717) is 40.3 Å². The van der Waals surface area contributed by atoms with Crippen molar-refractivity contribution in [2.24, 2.45) is 80.8 Å². The minimum absolute atomic E-state index is 0. The molecule has 9 nitrogen and oxygen atoms in total. The normalized spacial score (nSPS) is 38.4. The predicted molar refractivity (Wildman–Crippen MR) is 339 cm³/mol. The van der Waals surface area contributed by atoms with E-state index in [0.717, 1.165) is 91.1 Å². The number of rotatable bonds is 6. The van der Waals surface area contributed by atoms with Crippen LogP contribution in [0.5, 0.6) is 0 Å². The zero-order chi connectivity index (χ0) is 57.2. The van der Waals surface area contributed by atoms with Crippen molar-refractivity contribution < 1.29 is 48.2 Å². The first kappa shape index (κ1) is 71.6. The van der Waals surface area contributed by atoms with Crippen LogP contribution in [0.1, 0.15) is 216 Å². The van der Waals surface area contributed by atoms with Crippen molar-refractivity contribution in [1.29, 1.82) is 0 Å². The summed E-state index contributed by atoms with van der Waals surface area (Å²) in [5, 5.41) is 22.8. The Balaban J connectivity index is 0.000000258. The first-order valence-corrected chi connectivity index (χ1v) is 31.8. The van der Waals surface area contributed by atoms with Crippen LogP contribution in [0.25, 0.3) is 0 Å². The Hall–Kier alpha value is -1.90. The van der Waals surface area contributed by atoms with Crippen molar-refractivity contribution in [2.45, 2.75) is 217 Å². The number of hydroxylamine groups is 2. The van der Waals surface area contributed by atoms with Gasteiger partial charge in [0.25, 0.3) is 0 Å². The summed E-state index contributed by atoms with van der Waals surface area (Å²) in [7, 11) is 11.5. The van der Waals surface area contributed by atoms with Crippen molar-refractivity contribution in [1.82, 2.24) is 5.06 Å². The number of amides is 1. The molecule has 1 amide bonds. The van der Waals surface area contributed by atoms with Crippen LogP contribution < -0.4 is 28.7 Å². The van der Waals surface area contributed by atoms with Gasteiger partial charge < -0.3 is 30.7 Å². The molecule has 11 rings (SSSR count). The van der Waals surface area contributed by atoms with Crippen molar-refractivity contribution in [3.8, 4) is 0 Å². The van der Waals surface area contributed by atoms with E-state index in [1.54, 1.807) is 14.2 Å². The Bertz CT molecular complexity index is 2260. The van der Waals surface area contributed by atoms with Crippen LogP contribution in [0.3, 0.4) is 0 Å². The summed E-state index contributed by atoms with van der Waals surface area (Å²) < 4.78 is 6.07. The van der Waals surface area contributed by atoms with E-state index in [4.69, 9.17) is 9.57 Å². The molecule has 9 fully saturated rings. The van der Waals surface area contributed by atoms with Gasteiger partial charge in [-0.3, -0.25) is 14.4 Å². The molecule has 2 aromatic rings. The summed E-state index contributed by atoms with van der Waals surface area (Å²) in [6, 6.07) is 16.5. The monoisotopic (exact) mass is 1180 g/mol. The molecule has 11 heteroatoms. The molecule has 9 aliphatic rings. The molecule has 1 heterocycles. The smallest absolute Gasteiger partial charge is 0.390 e. The summed E-state index contributed by atoms with van der Waals surface area (Å²) in [5.41, 5.74) is 3.40. The number of hydrogen-bond donors (Lipinski definition) is 2. The molecule has 1 aliphatic heterocycles. The Morgan fingerprint density at radius 3 is 1.32 bits per heavy atom.